The Labute approximate surface area is 190 Å². The number of fused-ring (bicyclic) bond motifs is 2. The van der Waals surface area contributed by atoms with E-state index in [1.54, 1.807) is 11.3 Å². The number of carbonyl (C=O) groups is 1. The van der Waals surface area contributed by atoms with Gasteiger partial charge in [-0.1, -0.05) is 17.7 Å². The highest BCUT2D eigenvalue weighted by Crippen LogP contribution is 2.33. The van der Waals surface area contributed by atoms with E-state index < -0.39 is 0 Å². The molecule has 0 aliphatic carbocycles. The molecule has 3 aromatic rings. The molecular weight excluding hydrogens is 432 g/mol. The van der Waals surface area contributed by atoms with E-state index in [4.69, 9.17) is 21.1 Å². The highest BCUT2D eigenvalue weighted by Gasteiger charge is 2.24. The van der Waals surface area contributed by atoms with Gasteiger partial charge in [-0.2, -0.15) is 0 Å². The smallest absolute Gasteiger partial charge is 0.254 e. The van der Waals surface area contributed by atoms with Gasteiger partial charge in [0.2, 0.25) is 0 Å². The van der Waals surface area contributed by atoms with Gasteiger partial charge in [-0.15, -0.1) is 11.3 Å². The molecule has 7 heteroatoms. The molecule has 2 aliphatic heterocycles. The zero-order chi connectivity index (χ0) is 21.4. The highest BCUT2D eigenvalue weighted by molar-refractivity contribution is 7.10. The number of hydrogen-bond acceptors (Lipinski definition) is 5. The molecule has 0 fully saturated rings. The largest absolute Gasteiger partial charge is 0.467 e. The summed E-state index contributed by atoms with van der Waals surface area (Å²) in [6, 6.07) is 11.8. The minimum Gasteiger partial charge on any atom is -0.467 e. The Kier molecular flexibility index (Phi) is 5.61. The molecule has 0 atom stereocenters. The second-order valence-corrected chi connectivity index (χ2v) is 9.28. The number of ether oxygens (including phenoxy) is 2. The Morgan fingerprint density at radius 1 is 1.26 bits per heavy atom. The molecule has 0 unspecified atom stereocenters. The predicted molar refractivity (Wildman–Crippen MR) is 123 cm³/mol. The molecule has 2 aliphatic rings. The Morgan fingerprint density at radius 2 is 2.16 bits per heavy atom. The summed E-state index contributed by atoms with van der Waals surface area (Å²) in [5.74, 6) is 0.909. The molecule has 5 nitrogen and oxygen atoms in total. The first-order valence-electron chi connectivity index (χ1n) is 10.3. The van der Waals surface area contributed by atoms with Crippen LogP contribution in [-0.4, -0.2) is 24.1 Å². The molecule has 31 heavy (non-hydrogen) atoms. The quantitative estimate of drug-likeness (QED) is 0.574. The lowest BCUT2D eigenvalue weighted by molar-refractivity contribution is -0.0169. The number of thiophene rings is 1. The van der Waals surface area contributed by atoms with E-state index in [1.165, 1.54) is 10.4 Å². The first-order valence-corrected chi connectivity index (χ1v) is 11.6. The fraction of sp³-hybridized carbons (Fsp3) is 0.292. The number of halogens is 1. The fourth-order valence-corrected chi connectivity index (χ4v) is 5.38. The van der Waals surface area contributed by atoms with Crippen molar-refractivity contribution in [3.05, 3.63) is 79.5 Å². The van der Waals surface area contributed by atoms with E-state index in [2.05, 4.69) is 16.8 Å². The van der Waals surface area contributed by atoms with Crippen LogP contribution in [0.25, 0.3) is 0 Å². The maximum absolute atomic E-state index is 13.3. The van der Waals surface area contributed by atoms with Crippen molar-refractivity contribution in [2.75, 3.05) is 18.7 Å². The lowest BCUT2D eigenvalue weighted by Gasteiger charge is -2.28. The number of benzene rings is 2. The van der Waals surface area contributed by atoms with Crippen LogP contribution in [0.3, 0.4) is 0 Å². The van der Waals surface area contributed by atoms with Crippen LogP contribution in [-0.2, 0) is 30.9 Å². The number of anilines is 1. The second-order valence-electron chi connectivity index (χ2n) is 7.84. The molecule has 0 bridgehead atoms. The summed E-state index contributed by atoms with van der Waals surface area (Å²) in [5, 5.41) is 6.23. The third kappa shape index (κ3) is 4.03. The van der Waals surface area contributed by atoms with Crippen molar-refractivity contribution in [3.63, 3.8) is 0 Å². The van der Waals surface area contributed by atoms with Crippen molar-refractivity contribution in [1.82, 2.24) is 4.90 Å². The van der Waals surface area contributed by atoms with Gasteiger partial charge in [-0.25, -0.2) is 0 Å². The van der Waals surface area contributed by atoms with Crippen LogP contribution in [0.2, 0.25) is 5.02 Å². The molecule has 1 N–H and O–H groups in total. The average molecular weight is 455 g/mol. The van der Waals surface area contributed by atoms with Crippen LogP contribution in [0.4, 0.5) is 5.69 Å². The minimum absolute atomic E-state index is 0.0821. The van der Waals surface area contributed by atoms with Crippen LogP contribution in [0, 0.1) is 6.92 Å². The number of nitrogens with one attached hydrogen (secondary N) is 1. The standard InChI is InChI=1S/C24H23ClN2O3S/c1-15-20(24(28)27-7-5-22-16(12-27)6-8-31-22)3-2-4-21(15)26-11-17-9-19(25)10-18-13-29-14-30-23(17)18/h2-4,6,8-10,26H,5,7,11-14H2,1H3. The van der Waals surface area contributed by atoms with Crippen LogP contribution < -0.4 is 10.1 Å². The summed E-state index contributed by atoms with van der Waals surface area (Å²) < 4.78 is 11.1. The minimum atomic E-state index is 0.0821. The summed E-state index contributed by atoms with van der Waals surface area (Å²) in [4.78, 5) is 16.6. The number of rotatable bonds is 4. The molecule has 2 aromatic carbocycles. The Hall–Kier alpha value is -2.54. The number of nitrogens with zero attached hydrogens (tertiary/aromatic N) is 1. The normalized spacial score (nSPS) is 15.1. The molecule has 3 heterocycles. The van der Waals surface area contributed by atoms with Gasteiger partial charge in [-0.3, -0.25) is 4.79 Å². The molecule has 0 radical (unpaired) electrons. The maximum atomic E-state index is 13.3. The van der Waals surface area contributed by atoms with Crippen molar-refractivity contribution in [2.45, 2.75) is 33.0 Å². The van der Waals surface area contributed by atoms with Crippen molar-refractivity contribution in [2.24, 2.45) is 0 Å². The SMILES string of the molecule is Cc1c(NCc2cc(Cl)cc3c2OCOC3)cccc1C(=O)N1CCc2sccc2C1. The van der Waals surface area contributed by atoms with Gasteiger partial charge in [0.15, 0.2) is 6.79 Å². The molecule has 1 amide bonds. The van der Waals surface area contributed by atoms with Crippen molar-refractivity contribution < 1.29 is 14.3 Å². The van der Waals surface area contributed by atoms with E-state index in [0.29, 0.717) is 24.7 Å². The molecular formula is C24H23ClN2O3S. The van der Waals surface area contributed by atoms with E-state index in [9.17, 15) is 4.79 Å². The molecule has 160 valence electrons. The lowest BCUT2D eigenvalue weighted by atomic mass is 10.0. The van der Waals surface area contributed by atoms with Gasteiger partial charge in [0, 0.05) is 51.9 Å². The average Bonchev–Trinajstić information content (AvgIpc) is 3.25. The van der Waals surface area contributed by atoms with E-state index >= 15 is 0 Å². The summed E-state index contributed by atoms with van der Waals surface area (Å²) >= 11 is 8.07. The van der Waals surface area contributed by atoms with Gasteiger partial charge in [0.1, 0.15) is 5.75 Å². The third-order valence-corrected chi connectivity index (χ3v) is 7.12. The van der Waals surface area contributed by atoms with Gasteiger partial charge < -0.3 is 19.7 Å². The summed E-state index contributed by atoms with van der Waals surface area (Å²) in [6.45, 7) is 4.72. The topological polar surface area (TPSA) is 50.8 Å². The highest BCUT2D eigenvalue weighted by atomic mass is 35.5. The van der Waals surface area contributed by atoms with Gasteiger partial charge >= 0.3 is 0 Å². The fourth-order valence-electron chi connectivity index (χ4n) is 4.23. The number of carbonyl (C=O) groups excluding carboxylic acids is 1. The van der Waals surface area contributed by atoms with E-state index in [0.717, 1.165) is 46.7 Å². The van der Waals surface area contributed by atoms with Gasteiger partial charge in [0.05, 0.1) is 6.61 Å². The van der Waals surface area contributed by atoms with E-state index in [-0.39, 0.29) is 12.7 Å². The van der Waals surface area contributed by atoms with Crippen LogP contribution in [0.15, 0.2) is 41.8 Å². The Bertz CT molecular complexity index is 1140. The summed E-state index contributed by atoms with van der Waals surface area (Å²) in [6.07, 6.45) is 0.930. The molecule has 5 rings (SSSR count). The maximum Gasteiger partial charge on any atom is 0.254 e. The number of hydrogen-bond donors (Lipinski definition) is 1. The van der Waals surface area contributed by atoms with Crippen molar-refractivity contribution in [1.29, 1.82) is 0 Å². The monoisotopic (exact) mass is 454 g/mol. The molecule has 0 saturated carbocycles. The first-order chi connectivity index (χ1) is 15.1. The molecule has 1 aromatic heterocycles. The van der Waals surface area contributed by atoms with Crippen molar-refractivity contribution in [3.8, 4) is 5.75 Å². The van der Waals surface area contributed by atoms with Gasteiger partial charge in [-0.05, 0) is 60.2 Å². The Balaban J connectivity index is 1.35. The number of amides is 1. The van der Waals surface area contributed by atoms with Crippen molar-refractivity contribution >= 4 is 34.5 Å². The van der Waals surface area contributed by atoms with Crippen LogP contribution in [0.1, 0.15) is 37.5 Å². The van der Waals surface area contributed by atoms with Crippen LogP contribution >= 0.6 is 22.9 Å². The third-order valence-electron chi connectivity index (χ3n) is 5.88. The van der Waals surface area contributed by atoms with Gasteiger partial charge in [0.25, 0.3) is 5.91 Å². The van der Waals surface area contributed by atoms with E-state index in [1.807, 2.05) is 42.2 Å². The molecule has 0 saturated heterocycles. The first kappa shape index (κ1) is 20.4. The summed E-state index contributed by atoms with van der Waals surface area (Å²) in [5.41, 5.74) is 5.81. The summed E-state index contributed by atoms with van der Waals surface area (Å²) in [7, 11) is 0. The Morgan fingerprint density at radius 3 is 3.06 bits per heavy atom. The zero-order valence-corrected chi connectivity index (χ0v) is 18.8. The zero-order valence-electron chi connectivity index (χ0n) is 17.2. The second kappa shape index (κ2) is 8.54. The van der Waals surface area contributed by atoms with Crippen LogP contribution in [0.5, 0.6) is 5.75 Å². The predicted octanol–water partition coefficient (Wildman–Crippen LogP) is 5.39. The molecule has 0 spiro atoms. The lowest BCUT2D eigenvalue weighted by Crippen LogP contribution is -2.35.